The quantitative estimate of drug-likeness (QED) is 0.370. The molecule has 166 valence electrons. The molecule has 0 aliphatic carbocycles. The van der Waals surface area contributed by atoms with Crippen LogP contribution in [0.25, 0.3) is 10.2 Å². The summed E-state index contributed by atoms with van der Waals surface area (Å²) in [7, 11) is 1.56. The number of methoxy groups -OCH3 is 1. The van der Waals surface area contributed by atoms with Crippen molar-refractivity contribution in [1.29, 1.82) is 0 Å². The van der Waals surface area contributed by atoms with Gasteiger partial charge in [-0.1, -0.05) is 35.6 Å². The number of ketones is 1. The number of aliphatic hydroxyl groups excluding tert-OH is 1. The van der Waals surface area contributed by atoms with Crippen LogP contribution in [0, 0.1) is 13.8 Å². The van der Waals surface area contributed by atoms with Gasteiger partial charge in [0.15, 0.2) is 10.9 Å². The van der Waals surface area contributed by atoms with Crippen LogP contribution < -0.4 is 9.64 Å². The fourth-order valence-corrected chi connectivity index (χ4v) is 6.01. The number of anilines is 1. The Labute approximate surface area is 198 Å². The molecule has 6 nitrogen and oxygen atoms in total. The van der Waals surface area contributed by atoms with E-state index in [-0.39, 0.29) is 11.4 Å². The van der Waals surface area contributed by atoms with Crippen LogP contribution in [0.1, 0.15) is 32.4 Å². The lowest BCUT2D eigenvalue weighted by Gasteiger charge is -2.24. The number of nitrogens with zero attached hydrogens (tertiary/aromatic N) is 2. The number of aliphatic hydroxyl groups is 1. The second kappa shape index (κ2) is 8.13. The molecular formula is C25H20N2O4S2. The highest BCUT2D eigenvalue weighted by atomic mass is 32.1. The normalized spacial score (nSPS) is 16.2. The van der Waals surface area contributed by atoms with Crippen molar-refractivity contribution >= 4 is 49.7 Å². The Kier molecular flexibility index (Phi) is 5.26. The second-order valence-electron chi connectivity index (χ2n) is 7.85. The largest absolute Gasteiger partial charge is 0.503 e. The van der Waals surface area contributed by atoms with Crippen LogP contribution in [0.3, 0.4) is 0 Å². The highest BCUT2D eigenvalue weighted by Gasteiger charge is 2.46. The Hall–Kier alpha value is -3.49. The first kappa shape index (κ1) is 21.4. The summed E-state index contributed by atoms with van der Waals surface area (Å²) in [5, 5.41) is 13.1. The van der Waals surface area contributed by atoms with Gasteiger partial charge in [-0.15, -0.1) is 11.3 Å². The third-order valence-corrected chi connectivity index (χ3v) is 7.50. The van der Waals surface area contributed by atoms with Gasteiger partial charge in [0, 0.05) is 0 Å². The number of hydrogen-bond acceptors (Lipinski definition) is 7. The smallest absolute Gasteiger partial charge is 0.296 e. The number of hydrogen-bond donors (Lipinski definition) is 1. The average Bonchev–Trinajstić information content (AvgIpc) is 3.53. The maximum absolute atomic E-state index is 13.4. The molecule has 0 spiro atoms. The van der Waals surface area contributed by atoms with Crippen molar-refractivity contribution < 1.29 is 19.4 Å². The van der Waals surface area contributed by atoms with Crippen LogP contribution in [0.2, 0.25) is 0 Å². The number of carbonyl (C=O) groups is 2. The minimum Gasteiger partial charge on any atom is -0.503 e. The van der Waals surface area contributed by atoms with Gasteiger partial charge in [-0.25, -0.2) is 4.98 Å². The zero-order chi connectivity index (χ0) is 23.3. The Morgan fingerprint density at radius 2 is 1.97 bits per heavy atom. The Morgan fingerprint density at radius 1 is 1.15 bits per heavy atom. The fourth-order valence-electron chi connectivity index (χ4n) is 4.16. The molecule has 0 saturated heterocycles. The molecule has 1 amide bonds. The van der Waals surface area contributed by atoms with Gasteiger partial charge in [0.25, 0.3) is 5.91 Å². The van der Waals surface area contributed by atoms with Crippen molar-refractivity contribution in [3.05, 3.63) is 86.8 Å². The van der Waals surface area contributed by atoms with Crippen molar-refractivity contribution in [2.75, 3.05) is 12.0 Å². The molecular weight excluding hydrogens is 456 g/mol. The van der Waals surface area contributed by atoms with Crippen molar-refractivity contribution in [3.8, 4) is 5.75 Å². The molecule has 0 saturated carbocycles. The third-order valence-electron chi connectivity index (χ3n) is 5.63. The zero-order valence-electron chi connectivity index (χ0n) is 18.2. The van der Waals surface area contributed by atoms with Gasteiger partial charge < -0.3 is 9.84 Å². The maximum Gasteiger partial charge on any atom is 0.296 e. The lowest BCUT2D eigenvalue weighted by Crippen LogP contribution is -2.30. The molecule has 5 rings (SSSR count). The Morgan fingerprint density at radius 3 is 2.70 bits per heavy atom. The number of thiophene rings is 1. The van der Waals surface area contributed by atoms with E-state index >= 15 is 0 Å². The molecule has 2 aromatic carbocycles. The molecule has 1 atom stereocenters. The van der Waals surface area contributed by atoms with Crippen LogP contribution in [0.15, 0.2) is 65.2 Å². The monoisotopic (exact) mass is 476 g/mol. The highest BCUT2D eigenvalue weighted by Crippen LogP contribution is 2.45. The van der Waals surface area contributed by atoms with Crippen molar-refractivity contribution in [3.63, 3.8) is 0 Å². The molecule has 2 aromatic heterocycles. The van der Waals surface area contributed by atoms with Gasteiger partial charge in [0.1, 0.15) is 5.75 Å². The van der Waals surface area contributed by atoms with Crippen LogP contribution in [0.4, 0.5) is 5.13 Å². The summed E-state index contributed by atoms with van der Waals surface area (Å²) in [6.45, 7) is 3.99. The number of rotatable bonds is 5. The van der Waals surface area contributed by atoms with Gasteiger partial charge in [-0.2, -0.15) is 0 Å². The van der Waals surface area contributed by atoms with Crippen molar-refractivity contribution in [2.24, 2.45) is 0 Å². The Balaban J connectivity index is 1.71. The third kappa shape index (κ3) is 3.51. The Bertz CT molecular complexity index is 1440. The molecule has 8 heteroatoms. The SMILES string of the molecule is COc1cccc(C2C(C(=O)c3cccs3)=C(O)C(=O)N2c2nc3c(C)cc(C)cc3s2)c1. The van der Waals surface area contributed by atoms with E-state index in [0.717, 1.165) is 21.3 Å². The van der Waals surface area contributed by atoms with E-state index in [9.17, 15) is 14.7 Å². The van der Waals surface area contributed by atoms with Gasteiger partial charge in [-0.05, 0) is 60.2 Å². The van der Waals surface area contributed by atoms with Crippen LogP contribution in [0.5, 0.6) is 5.75 Å². The summed E-state index contributed by atoms with van der Waals surface area (Å²) >= 11 is 2.63. The summed E-state index contributed by atoms with van der Waals surface area (Å²) in [4.78, 5) is 33.4. The number of aromatic nitrogens is 1. The van der Waals surface area contributed by atoms with E-state index in [4.69, 9.17) is 9.72 Å². The summed E-state index contributed by atoms with van der Waals surface area (Å²) in [5.41, 5.74) is 3.60. The number of Topliss-reactive ketones (excluding diaryl/α,β-unsaturated/α-hetero) is 1. The summed E-state index contributed by atoms with van der Waals surface area (Å²) in [6.07, 6.45) is 0. The highest BCUT2D eigenvalue weighted by molar-refractivity contribution is 7.22. The van der Waals surface area contributed by atoms with E-state index in [2.05, 4.69) is 0 Å². The number of thiazole rings is 1. The standard InChI is InChI=1S/C25H20N2O4S2/c1-13-10-14(2)20-18(11-13)33-25(26-20)27-21(15-6-4-7-16(12-15)31-3)19(23(29)24(27)30)22(28)17-8-5-9-32-17/h4-12,21,29H,1-3H3. The summed E-state index contributed by atoms with van der Waals surface area (Å²) in [6, 6.07) is 13.9. The molecule has 0 fully saturated rings. The van der Waals surface area contributed by atoms with E-state index < -0.39 is 17.7 Å². The predicted molar refractivity (Wildman–Crippen MR) is 131 cm³/mol. The van der Waals surface area contributed by atoms with Crippen molar-refractivity contribution in [1.82, 2.24) is 4.98 Å². The number of aryl methyl sites for hydroxylation is 2. The number of ether oxygens (including phenoxy) is 1. The van der Waals surface area contributed by atoms with Crippen LogP contribution >= 0.6 is 22.7 Å². The van der Waals surface area contributed by atoms with Crippen molar-refractivity contribution in [2.45, 2.75) is 19.9 Å². The first-order chi connectivity index (χ1) is 15.9. The molecule has 4 aromatic rings. The van der Waals surface area contributed by atoms with Gasteiger partial charge in [-0.3, -0.25) is 14.5 Å². The molecule has 1 N–H and O–H groups in total. The van der Waals surface area contributed by atoms with Crippen LogP contribution in [-0.4, -0.2) is 28.9 Å². The number of fused-ring (bicyclic) bond motifs is 1. The van der Waals surface area contributed by atoms with Crippen LogP contribution in [-0.2, 0) is 4.79 Å². The molecule has 3 heterocycles. The number of carbonyl (C=O) groups excluding carboxylic acids is 2. The number of benzene rings is 2. The zero-order valence-corrected chi connectivity index (χ0v) is 19.8. The molecule has 1 aliphatic rings. The maximum atomic E-state index is 13.4. The minimum absolute atomic E-state index is 0.0443. The van der Waals surface area contributed by atoms with Gasteiger partial charge in [0.2, 0.25) is 5.78 Å². The minimum atomic E-state index is -0.829. The van der Waals surface area contributed by atoms with Gasteiger partial charge in [0.05, 0.1) is 33.8 Å². The fraction of sp³-hybridized carbons (Fsp3) is 0.160. The lowest BCUT2D eigenvalue weighted by atomic mass is 9.95. The average molecular weight is 477 g/mol. The summed E-state index contributed by atoms with van der Waals surface area (Å²) in [5.74, 6) is -0.978. The first-order valence-electron chi connectivity index (χ1n) is 10.3. The lowest BCUT2D eigenvalue weighted by molar-refractivity contribution is -0.117. The van der Waals surface area contributed by atoms with Gasteiger partial charge >= 0.3 is 0 Å². The van der Waals surface area contributed by atoms with E-state index in [0.29, 0.717) is 21.3 Å². The van der Waals surface area contributed by atoms with E-state index in [1.54, 1.807) is 42.8 Å². The van der Waals surface area contributed by atoms with E-state index in [1.807, 2.05) is 32.0 Å². The number of amides is 1. The van der Waals surface area contributed by atoms with E-state index in [1.165, 1.54) is 27.6 Å². The molecule has 33 heavy (non-hydrogen) atoms. The molecule has 1 unspecified atom stereocenters. The summed E-state index contributed by atoms with van der Waals surface area (Å²) < 4.78 is 6.32. The molecule has 0 radical (unpaired) electrons. The topological polar surface area (TPSA) is 79.7 Å². The molecule has 0 bridgehead atoms. The second-order valence-corrected chi connectivity index (χ2v) is 9.80. The molecule has 1 aliphatic heterocycles. The predicted octanol–water partition coefficient (Wildman–Crippen LogP) is 5.77. The first-order valence-corrected chi connectivity index (χ1v) is 11.9.